The Labute approximate surface area is 109 Å². The number of rotatable bonds is 8. The lowest BCUT2D eigenvalue weighted by molar-refractivity contribution is 0.128. The number of hydrogen-bond acceptors (Lipinski definition) is 5. The van der Waals surface area contributed by atoms with E-state index in [-0.39, 0.29) is 0 Å². The fourth-order valence-electron chi connectivity index (χ4n) is 1.71. The first-order chi connectivity index (χ1) is 8.69. The highest BCUT2D eigenvalue weighted by molar-refractivity contribution is 5.24. The largest absolute Gasteiger partial charge is 0.383 e. The maximum atomic E-state index is 5.33. The minimum Gasteiger partial charge on any atom is -0.383 e. The quantitative estimate of drug-likeness (QED) is 0.709. The molecule has 0 atom stereocenters. The van der Waals surface area contributed by atoms with Crippen molar-refractivity contribution in [1.82, 2.24) is 15.3 Å². The van der Waals surface area contributed by atoms with E-state index in [1.165, 1.54) is 0 Å². The summed E-state index contributed by atoms with van der Waals surface area (Å²) in [6.45, 7) is 9.47. The number of methoxy groups -OCH3 is 1. The fraction of sp³-hybridized carbons (Fsp3) is 0.692. The summed E-state index contributed by atoms with van der Waals surface area (Å²) in [4.78, 5) is 8.93. The molecule has 1 N–H and O–H groups in total. The molecule has 102 valence electrons. The Morgan fingerprint density at radius 2 is 1.83 bits per heavy atom. The van der Waals surface area contributed by atoms with E-state index in [2.05, 4.69) is 15.3 Å². The van der Waals surface area contributed by atoms with E-state index in [9.17, 15) is 0 Å². The summed E-state index contributed by atoms with van der Waals surface area (Å²) in [6, 6.07) is 0. The molecule has 0 saturated heterocycles. The minimum atomic E-state index is 0.482. The van der Waals surface area contributed by atoms with Gasteiger partial charge in [-0.15, -0.1) is 0 Å². The zero-order chi connectivity index (χ0) is 13.4. The van der Waals surface area contributed by atoms with Crippen LogP contribution in [0.3, 0.4) is 0 Å². The lowest BCUT2D eigenvalue weighted by Gasteiger charge is -2.11. The van der Waals surface area contributed by atoms with Gasteiger partial charge in [-0.1, -0.05) is 0 Å². The molecule has 0 aliphatic carbocycles. The Balaban J connectivity index is 2.62. The van der Waals surface area contributed by atoms with Gasteiger partial charge in [0.25, 0.3) is 0 Å². The second-order valence-electron chi connectivity index (χ2n) is 4.10. The zero-order valence-electron chi connectivity index (χ0n) is 11.7. The Morgan fingerprint density at radius 3 is 2.39 bits per heavy atom. The molecule has 5 nitrogen and oxygen atoms in total. The minimum absolute atomic E-state index is 0.482. The first kappa shape index (κ1) is 15.0. The van der Waals surface area contributed by atoms with Crippen LogP contribution in [0.5, 0.6) is 0 Å². The molecule has 0 radical (unpaired) electrons. The maximum absolute atomic E-state index is 5.33. The number of aryl methyl sites for hydroxylation is 2. The van der Waals surface area contributed by atoms with Gasteiger partial charge in [0.05, 0.1) is 6.61 Å². The average Bonchev–Trinajstić information content (AvgIpc) is 2.34. The Kier molecular flexibility index (Phi) is 6.78. The van der Waals surface area contributed by atoms with Crippen LogP contribution in [0.25, 0.3) is 0 Å². The molecule has 1 aromatic heterocycles. The van der Waals surface area contributed by atoms with Crippen LogP contribution in [0.2, 0.25) is 0 Å². The second-order valence-corrected chi connectivity index (χ2v) is 4.10. The number of nitrogens with zero attached hydrogens (tertiary/aromatic N) is 2. The monoisotopic (exact) mass is 253 g/mol. The molecule has 0 saturated carbocycles. The summed E-state index contributed by atoms with van der Waals surface area (Å²) in [5.74, 6) is 0.757. The van der Waals surface area contributed by atoms with Crippen molar-refractivity contribution in [2.24, 2.45) is 0 Å². The zero-order valence-corrected chi connectivity index (χ0v) is 11.7. The van der Waals surface area contributed by atoms with Crippen LogP contribution in [0.15, 0.2) is 0 Å². The van der Waals surface area contributed by atoms with Crippen molar-refractivity contribution < 1.29 is 9.47 Å². The first-order valence-corrected chi connectivity index (χ1v) is 6.29. The third kappa shape index (κ3) is 4.68. The van der Waals surface area contributed by atoms with Gasteiger partial charge in [-0.3, -0.25) is 0 Å². The van der Waals surface area contributed by atoms with Crippen molar-refractivity contribution in [2.75, 3.05) is 26.9 Å². The van der Waals surface area contributed by atoms with Crippen LogP contribution >= 0.6 is 0 Å². The van der Waals surface area contributed by atoms with E-state index >= 15 is 0 Å². The third-order valence-corrected chi connectivity index (χ3v) is 2.69. The van der Waals surface area contributed by atoms with Crippen LogP contribution in [-0.4, -0.2) is 36.8 Å². The summed E-state index contributed by atoms with van der Waals surface area (Å²) < 4.78 is 10.3. The van der Waals surface area contributed by atoms with Crippen molar-refractivity contribution >= 4 is 0 Å². The Hall–Kier alpha value is -1.04. The average molecular weight is 253 g/mol. The van der Waals surface area contributed by atoms with Gasteiger partial charge < -0.3 is 14.8 Å². The normalized spacial score (nSPS) is 10.9. The van der Waals surface area contributed by atoms with E-state index in [4.69, 9.17) is 9.47 Å². The highest BCUT2D eigenvalue weighted by Gasteiger charge is 2.08. The van der Waals surface area contributed by atoms with Gasteiger partial charge in [0.2, 0.25) is 0 Å². The van der Waals surface area contributed by atoms with Crippen molar-refractivity contribution in [3.63, 3.8) is 0 Å². The van der Waals surface area contributed by atoms with Crippen LogP contribution in [-0.2, 0) is 22.6 Å². The summed E-state index contributed by atoms with van der Waals surface area (Å²) in [5, 5.41) is 3.31. The van der Waals surface area contributed by atoms with Crippen LogP contribution < -0.4 is 5.32 Å². The lowest BCUT2D eigenvalue weighted by Crippen LogP contribution is -2.21. The molecule has 0 fully saturated rings. The standard InChI is InChI=1S/C13H23N3O2/c1-5-18-9-13-15-10(2)12(11(3)16-13)8-14-6-7-17-4/h14H,5-9H2,1-4H3. The molecule has 0 bridgehead atoms. The molecule has 1 rings (SSSR count). The molecule has 18 heavy (non-hydrogen) atoms. The summed E-state index contributed by atoms with van der Waals surface area (Å²) in [7, 11) is 1.70. The Morgan fingerprint density at radius 1 is 1.17 bits per heavy atom. The topological polar surface area (TPSA) is 56.3 Å². The van der Waals surface area contributed by atoms with E-state index < -0.39 is 0 Å². The summed E-state index contributed by atoms with van der Waals surface area (Å²) >= 11 is 0. The summed E-state index contributed by atoms with van der Waals surface area (Å²) in [6.07, 6.45) is 0. The molecule has 1 aromatic rings. The molecule has 0 aliphatic rings. The predicted octanol–water partition coefficient (Wildman–Crippen LogP) is 1.37. The SMILES string of the molecule is CCOCc1nc(C)c(CNCCOC)c(C)n1. The number of aromatic nitrogens is 2. The van der Waals surface area contributed by atoms with Gasteiger partial charge in [-0.05, 0) is 20.8 Å². The van der Waals surface area contributed by atoms with Crippen LogP contribution in [0, 0.1) is 13.8 Å². The summed E-state index contributed by atoms with van der Waals surface area (Å²) in [5.41, 5.74) is 3.19. The van der Waals surface area contributed by atoms with Gasteiger partial charge in [-0.2, -0.15) is 0 Å². The van der Waals surface area contributed by atoms with Gasteiger partial charge in [0.1, 0.15) is 6.61 Å². The Bertz CT molecular complexity index is 346. The van der Waals surface area contributed by atoms with Crippen molar-refractivity contribution in [2.45, 2.75) is 33.9 Å². The lowest BCUT2D eigenvalue weighted by atomic mass is 10.1. The molecule has 0 aromatic carbocycles. The van der Waals surface area contributed by atoms with E-state index in [0.717, 1.165) is 35.9 Å². The van der Waals surface area contributed by atoms with E-state index in [0.29, 0.717) is 19.8 Å². The highest BCUT2D eigenvalue weighted by atomic mass is 16.5. The predicted molar refractivity (Wildman–Crippen MR) is 70.4 cm³/mol. The molecule has 1 heterocycles. The number of nitrogens with one attached hydrogen (secondary N) is 1. The van der Waals surface area contributed by atoms with Crippen LogP contribution in [0.4, 0.5) is 0 Å². The van der Waals surface area contributed by atoms with Crippen LogP contribution in [0.1, 0.15) is 29.7 Å². The second kappa shape index (κ2) is 8.13. The van der Waals surface area contributed by atoms with Crippen molar-refractivity contribution in [3.8, 4) is 0 Å². The van der Waals surface area contributed by atoms with E-state index in [1.807, 2.05) is 20.8 Å². The molecule has 0 amide bonds. The number of hydrogen-bond donors (Lipinski definition) is 1. The van der Waals surface area contributed by atoms with Gasteiger partial charge in [0, 0.05) is 43.8 Å². The molecule has 5 heteroatoms. The molecular weight excluding hydrogens is 230 g/mol. The van der Waals surface area contributed by atoms with E-state index in [1.54, 1.807) is 7.11 Å². The van der Waals surface area contributed by atoms with Gasteiger partial charge in [0.15, 0.2) is 5.82 Å². The molecule has 0 unspecified atom stereocenters. The first-order valence-electron chi connectivity index (χ1n) is 6.29. The smallest absolute Gasteiger partial charge is 0.154 e. The molecular formula is C13H23N3O2. The maximum Gasteiger partial charge on any atom is 0.154 e. The molecule has 0 spiro atoms. The third-order valence-electron chi connectivity index (χ3n) is 2.69. The van der Waals surface area contributed by atoms with Gasteiger partial charge in [-0.25, -0.2) is 9.97 Å². The highest BCUT2D eigenvalue weighted by Crippen LogP contribution is 2.10. The van der Waals surface area contributed by atoms with Crippen molar-refractivity contribution in [3.05, 3.63) is 22.8 Å². The molecule has 0 aliphatic heterocycles. The van der Waals surface area contributed by atoms with Gasteiger partial charge >= 0.3 is 0 Å². The number of ether oxygens (including phenoxy) is 2. The van der Waals surface area contributed by atoms with Crippen molar-refractivity contribution in [1.29, 1.82) is 0 Å². The fourth-order valence-corrected chi connectivity index (χ4v) is 1.71.